The summed E-state index contributed by atoms with van der Waals surface area (Å²) in [5.41, 5.74) is 0.396. The molecule has 0 aliphatic heterocycles. The Balaban J connectivity index is 2.20. The minimum atomic E-state index is 0.396. The third-order valence-corrected chi connectivity index (χ3v) is 2.14. The van der Waals surface area contributed by atoms with Crippen LogP contribution >= 0.6 is 0 Å². The fourth-order valence-corrected chi connectivity index (χ4v) is 1.13. The molecule has 1 aromatic heterocycles. The molecule has 0 fully saturated rings. The van der Waals surface area contributed by atoms with Gasteiger partial charge >= 0.3 is 0 Å². The van der Waals surface area contributed by atoms with Gasteiger partial charge < -0.3 is 9.88 Å². The Labute approximate surface area is 85.7 Å². The molecule has 0 bridgehead atoms. The Morgan fingerprint density at radius 2 is 2.14 bits per heavy atom. The average Bonchev–Trinajstić information content (AvgIpc) is 2.44. The summed E-state index contributed by atoms with van der Waals surface area (Å²) in [5, 5.41) is 11.2. The van der Waals surface area contributed by atoms with E-state index in [-0.39, 0.29) is 0 Å². The van der Waals surface area contributed by atoms with Gasteiger partial charge in [0.2, 0.25) is 0 Å². The zero-order valence-electron chi connectivity index (χ0n) is 9.54. The summed E-state index contributed by atoms with van der Waals surface area (Å²) >= 11 is 0. The van der Waals surface area contributed by atoms with Crippen LogP contribution in [0.15, 0.2) is 6.33 Å². The van der Waals surface area contributed by atoms with Crippen molar-refractivity contribution in [3.8, 4) is 0 Å². The van der Waals surface area contributed by atoms with Gasteiger partial charge in [0.25, 0.3) is 0 Å². The highest BCUT2D eigenvalue weighted by Gasteiger charge is 2.09. The number of aromatic nitrogens is 3. The molecule has 14 heavy (non-hydrogen) atoms. The highest BCUT2D eigenvalue weighted by Crippen LogP contribution is 2.16. The number of aryl methyl sites for hydroxylation is 1. The molecule has 0 aliphatic rings. The molecular formula is C10H20N4. The normalized spacial score (nSPS) is 12.0. The van der Waals surface area contributed by atoms with Crippen molar-refractivity contribution in [2.45, 2.75) is 33.7 Å². The summed E-state index contributed by atoms with van der Waals surface area (Å²) in [6.07, 6.45) is 2.89. The van der Waals surface area contributed by atoms with Crippen LogP contribution in [0.5, 0.6) is 0 Å². The number of nitrogens with one attached hydrogen (secondary N) is 1. The SMILES string of the molecule is Cn1cnnc1CNCCC(C)(C)C. The molecule has 0 aromatic carbocycles. The molecule has 80 valence electrons. The first kappa shape index (κ1) is 11.2. The summed E-state index contributed by atoms with van der Waals surface area (Å²) in [4.78, 5) is 0. The van der Waals surface area contributed by atoms with Gasteiger partial charge in [0.1, 0.15) is 12.2 Å². The third-order valence-electron chi connectivity index (χ3n) is 2.14. The van der Waals surface area contributed by atoms with E-state index in [4.69, 9.17) is 0 Å². The monoisotopic (exact) mass is 196 g/mol. The topological polar surface area (TPSA) is 42.7 Å². The predicted molar refractivity (Wildman–Crippen MR) is 56.8 cm³/mol. The van der Waals surface area contributed by atoms with Gasteiger partial charge in [-0.1, -0.05) is 20.8 Å². The van der Waals surface area contributed by atoms with E-state index in [9.17, 15) is 0 Å². The van der Waals surface area contributed by atoms with Gasteiger partial charge in [0.15, 0.2) is 0 Å². The molecular weight excluding hydrogens is 176 g/mol. The van der Waals surface area contributed by atoms with Crippen molar-refractivity contribution >= 4 is 0 Å². The predicted octanol–water partition coefficient (Wildman–Crippen LogP) is 1.34. The lowest BCUT2D eigenvalue weighted by Gasteiger charge is -2.17. The molecule has 1 aromatic rings. The standard InChI is InChI=1S/C10H20N4/c1-10(2,3)5-6-11-7-9-13-12-8-14(9)4/h8,11H,5-7H2,1-4H3. The molecule has 0 unspecified atom stereocenters. The summed E-state index contributed by atoms with van der Waals surface area (Å²) in [6, 6.07) is 0. The van der Waals surface area contributed by atoms with Crippen LogP contribution in [0, 0.1) is 5.41 Å². The highest BCUT2D eigenvalue weighted by atomic mass is 15.3. The smallest absolute Gasteiger partial charge is 0.146 e. The number of rotatable bonds is 4. The summed E-state index contributed by atoms with van der Waals surface area (Å²) < 4.78 is 1.93. The Morgan fingerprint density at radius 3 is 2.64 bits per heavy atom. The van der Waals surface area contributed by atoms with Crippen molar-refractivity contribution in [1.82, 2.24) is 20.1 Å². The maximum absolute atomic E-state index is 4.00. The van der Waals surface area contributed by atoms with Crippen molar-refractivity contribution < 1.29 is 0 Å². The van der Waals surface area contributed by atoms with Crippen molar-refractivity contribution in [2.24, 2.45) is 12.5 Å². The highest BCUT2D eigenvalue weighted by molar-refractivity contribution is 4.83. The van der Waals surface area contributed by atoms with E-state index in [1.165, 1.54) is 6.42 Å². The van der Waals surface area contributed by atoms with E-state index in [0.29, 0.717) is 5.41 Å². The summed E-state index contributed by atoms with van der Waals surface area (Å²) in [7, 11) is 1.96. The maximum atomic E-state index is 4.00. The third kappa shape index (κ3) is 3.87. The molecule has 0 spiro atoms. The van der Waals surface area contributed by atoms with E-state index in [1.54, 1.807) is 6.33 Å². The van der Waals surface area contributed by atoms with Crippen LogP contribution < -0.4 is 5.32 Å². The lowest BCUT2D eigenvalue weighted by Crippen LogP contribution is -2.21. The van der Waals surface area contributed by atoms with Crippen LogP contribution in [0.4, 0.5) is 0 Å². The Kier molecular flexibility index (Phi) is 3.63. The van der Waals surface area contributed by atoms with Crippen LogP contribution in [-0.2, 0) is 13.6 Å². The van der Waals surface area contributed by atoms with Crippen molar-refractivity contribution in [2.75, 3.05) is 6.54 Å². The maximum Gasteiger partial charge on any atom is 0.146 e. The number of hydrogen-bond donors (Lipinski definition) is 1. The van der Waals surface area contributed by atoms with Crippen LogP contribution in [0.3, 0.4) is 0 Å². The van der Waals surface area contributed by atoms with Crippen molar-refractivity contribution in [1.29, 1.82) is 0 Å². The quantitative estimate of drug-likeness (QED) is 0.739. The lowest BCUT2D eigenvalue weighted by atomic mass is 9.92. The molecule has 0 radical (unpaired) electrons. The second-order valence-corrected chi connectivity index (χ2v) is 4.85. The van der Waals surface area contributed by atoms with E-state index in [0.717, 1.165) is 18.9 Å². The molecule has 0 aliphatic carbocycles. The average molecular weight is 196 g/mol. The second kappa shape index (κ2) is 4.55. The van der Waals surface area contributed by atoms with Crippen molar-refractivity contribution in [3.63, 3.8) is 0 Å². The summed E-state index contributed by atoms with van der Waals surface area (Å²) in [6.45, 7) is 8.56. The first-order valence-electron chi connectivity index (χ1n) is 5.03. The molecule has 4 nitrogen and oxygen atoms in total. The van der Waals surface area contributed by atoms with Crippen LogP contribution in [0.25, 0.3) is 0 Å². The van der Waals surface area contributed by atoms with E-state index >= 15 is 0 Å². The molecule has 0 atom stereocenters. The minimum absolute atomic E-state index is 0.396. The van der Waals surface area contributed by atoms with Crippen LogP contribution in [0.2, 0.25) is 0 Å². The molecule has 0 saturated heterocycles. The molecule has 0 amide bonds. The summed E-state index contributed by atoms with van der Waals surface area (Å²) in [5.74, 6) is 0.985. The first-order valence-corrected chi connectivity index (χ1v) is 5.03. The van der Waals surface area contributed by atoms with Gasteiger partial charge in [-0.05, 0) is 18.4 Å². The van der Waals surface area contributed by atoms with E-state index in [2.05, 4.69) is 36.3 Å². The minimum Gasteiger partial charge on any atom is -0.320 e. The van der Waals surface area contributed by atoms with Gasteiger partial charge in [-0.2, -0.15) is 0 Å². The van der Waals surface area contributed by atoms with Crippen LogP contribution in [0.1, 0.15) is 33.0 Å². The van der Waals surface area contributed by atoms with Gasteiger partial charge in [0.05, 0.1) is 6.54 Å². The Hall–Kier alpha value is -0.900. The van der Waals surface area contributed by atoms with Gasteiger partial charge in [0, 0.05) is 7.05 Å². The largest absolute Gasteiger partial charge is 0.320 e. The zero-order valence-corrected chi connectivity index (χ0v) is 9.54. The van der Waals surface area contributed by atoms with Gasteiger partial charge in [-0.25, -0.2) is 0 Å². The van der Waals surface area contributed by atoms with E-state index < -0.39 is 0 Å². The Morgan fingerprint density at radius 1 is 1.43 bits per heavy atom. The number of nitrogens with zero attached hydrogens (tertiary/aromatic N) is 3. The molecule has 0 saturated carbocycles. The fraction of sp³-hybridized carbons (Fsp3) is 0.800. The number of hydrogen-bond acceptors (Lipinski definition) is 3. The fourth-order valence-electron chi connectivity index (χ4n) is 1.13. The zero-order chi connectivity index (χ0) is 10.6. The molecule has 1 rings (SSSR count). The van der Waals surface area contributed by atoms with Crippen molar-refractivity contribution in [3.05, 3.63) is 12.2 Å². The van der Waals surface area contributed by atoms with E-state index in [1.807, 2.05) is 11.6 Å². The van der Waals surface area contributed by atoms with Crippen LogP contribution in [-0.4, -0.2) is 21.3 Å². The molecule has 1 heterocycles. The Bertz CT molecular complexity index is 272. The first-order chi connectivity index (χ1) is 6.49. The molecule has 1 N–H and O–H groups in total. The second-order valence-electron chi connectivity index (χ2n) is 4.85. The van der Waals surface area contributed by atoms with Gasteiger partial charge in [-0.15, -0.1) is 10.2 Å². The van der Waals surface area contributed by atoms with Gasteiger partial charge in [-0.3, -0.25) is 0 Å². The molecule has 4 heteroatoms. The lowest BCUT2D eigenvalue weighted by molar-refractivity contribution is 0.365.